The lowest BCUT2D eigenvalue weighted by Gasteiger charge is -2.14. The van der Waals surface area contributed by atoms with Crippen LogP contribution in [-0.4, -0.2) is 4.21 Å². The van der Waals surface area contributed by atoms with E-state index in [2.05, 4.69) is 4.36 Å². The summed E-state index contributed by atoms with van der Waals surface area (Å²) in [4.78, 5) is 0.731. The fourth-order valence-corrected chi connectivity index (χ4v) is 4.43. The van der Waals surface area contributed by atoms with Crippen molar-refractivity contribution in [1.82, 2.24) is 0 Å². The van der Waals surface area contributed by atoms with Gasteiger partial charge in [-0.3, -0.25) is 0 Å². The molecule has 0 saturated carbocycles. The minimum Gasteiger partial charge on any atom is -0.489 e. The van der Waals surface area contributed by atoms with Gasteiger partial charge in [-0.05, 0) is 48.9 Å². The Balaban J connectivity index is 1.59. The molecule has 3 nitrogen and oxygen atoms in total. The van der Waals surface area contributed by atoms with Gasteiger partial charge in [0.1, 0.15) is 22.1 Å². The molecule has 3 aromatic carbocycles. The van der Waals surface area contributed by atoms with E-state index in [4.69, 9.17) is 4.74 Å². The number of hydrogen-bond acceptors (Lipinski definition) is 3. The highest BCUT2D eigenvalue weighted by Crippen LogP contribution is 2.34. The van der Waals surface area contributed by atoms with E-state index in [1.54, 1.807) is 5.41 Å². The summed E-state index contributed by atoms with van der Waals surface area (Å²) >= 11 is 0. The van der Waals surface area contributed by atoms with Gasteiger partial charge in [0.25, 0.3) is 0 Å². The summed E-state index contributed by atoms with van der Waals surface area (Å²) < 4.78 is 23.6. The van der Waals surface area contributed by atoms with E-state index in [9.17, 15) is 4.21 Å². The lowest BCUT2D eigenvalue weighted by molar-refractivity contribution is 0.306. The van der Waals surface area contributed by atoms with Crippen LogP contribution in [0.15, 0.2) is 87.5 Å². The molecule has 0 unspecified atom stereocenters. The average Bonchev–Trinajstić information content (AvgIpc) is 2.67. The van der Waals surface area contributed by atoms with Crippen molar-refractivity contribution in [3.8, 4) is 5.75 Å². The third kappa shape index (κ3) is 3.41. The van der Waals surface area contributed by atoms with Crippen LogP contribution in [0.4, 0.5) is 5.69 Å². The second-order valence-electron chi connectivity index (χ2n) is 6.27. The van der Waals surface area contributed by atoms with Crippen molar-refractivity contribution in [3.63, 3.8) is 0 Å². The van der Waals surface area contributed by atoms with Gasteiger partial charge in [0.2, 0.25) is 0 Å². The predicted octanol–water partition coefficient (Wildman–Crippen LogP) is 5.72. The summed E-state index contributed by atoms with van der Waals surface area (Å²) in [6.45, 7) is 2.53. The average molecular weight is 361 g/mol. The first-order valence-corrected chi connectivity index (χ1v) is 10.0. The zero-order chi connectivity index (χ0) is 18.0. The molecule has 1 aliphatic heterocycles. The summed E-state index contributed by atoms with van der Waals surface area (Å²) in [5.41, 5.74) is 3.90. The maximum Gasteiger partial charge on any atom is 0.120 e. The monoisotopic (exact) mass is 361 g/mol. The number of aryl methyl sites for hydroxylation is 1. The van der Waals surface area contributed by atoms with Crippen molar-refractivity contribution in [3.05, 3.63) is 94.9 Å². The SMILES string of the molecule is Cc1ccc([S@@]2(=O)=Nc3ccc(OCc4ccccc4)cc3C=C2)cc1. The van der Waals surface area contributed by atoms with E-state index in [1.807, 2.05) is 85.8 Å². The Hall–Kier alpha value is -2.85. The van der Waals surface area contributed by atoms with Crippen LogP contribution >= 0.6 is 0 Å². The molecule has 4 rings (SSSR count). The quantitative estimate of drug-likeness (QED) is 0.596. The Morgan fingerprint density at radius 3 is 2.50 bits per heavy atom. The summed E-state index contributed by atoms with van der Waals surface area (Å²) in [6, 6.07) is 23.4. The van der Waals surface area contributed by atoms with Gasteiger partial charge in [-0.1, -0.05) is 48.0 Å². The number of fused-ring (bicyclic) bond motifs is 1. The topological polar surface area (TPSA) is 38.7 Å². The molecule has 1 heterocycles. The first kappa shape index (κ1) is 16.6. The van der Waals surface area contributed by atoms with Gasteiger partial charge in [0.05, 0.1) is 10.6 Å². The molecular weight excluding hydrogens is 342 g/mol. The molecule has 0 spiro atoms. The molecule has 1 aliphatic rings. The molecule has 0 amide bonds. The highest BCUT2D eigenvalue weighted by Gasteiger charge is 2.15. The van der Waals surface area contributed by atoms with Crippen molar-refractivity contribution < 1.29 is 8.95 Å². The van der Waals surface area contributed by atoms with Crippen LogP contribution in [0.5, 0.6) is 5.75 Å². The standard InChI is InChI=1S/C22H19NO2S/c1-17-7-10-21(11-8-17)26(24)14-13-19-15-20(9-12-22(19)23-26)25-16-18-5-3-2-4-6-18/h2-15H,16H2,1H3/t26-/m1/s1. The lowest BCUT2D eigenvalue weighted by Crippen LogP contribution is -2.00. The number of benzene rings is 3. The van der Waals surface area contributed by atoms with Gasteiger partial charge < -0.3 is 4.74 Å². The van der Waals surface area contributed by atoms with Crippen LogP contribution in [0.1, 0.15) is 16.7 Å². The van der Waals surface area contributed by atoms with Crippen LogP contribution in [0.3, 0.4) is 0 Å². The van der Waals surface area contributed by atoms with Crippen LogP contribution in [0, 0.1) is 6.92 Å². The molecule has 3 aromatic rings. The summed E-state index contributed by atoms with van der Waals surface area (Å²) in [5.74, 6) is 0.774. The van der Waals surface area contributed by atoms with Crippen molar-refractivity contribution >= 4 is 21.5 Å². The normalized spacial score (nSPS) is 18.0. The van der Waals surface area contributed by atoms with Gasteiger partial charge in [-0.25, -0.2) is 4.21 Å². The minimum atomic E-state index is -2.56. The van der Waals surface area contributed by atoms with Gasteiger partial charge in [-0.2, -0.15) is 4.36 Å². The van der Waals surface area contributed by atoms with Crippen LogP contribution in [0.2, 0.25) is 0 Å². The minimum absolute atomic E-state index is 0.514. The highest BCUT2D eigenvalue weighted by molar-refractivity contribution is 7.96. The molecule has 0 aliphatic carbocycles. The molecule has 0 radical (unpaired) electrons. The molecule has 0 bridgehead atoms. The van der Waals surface area contributed by atoms with E-state index >= 15 is 0 Å². The van der Waals surface area contributed by atoms with Gasteiger partial charge in [-0.15, -0.1) is 0 Å². The van der Waals surface area contributed by atoms with Crippen LogP contribution in [-0.2, 0) is 16.3 Å². The van der Waals surface area contributed by atoms with Crippen molar-refractivity contribution in [1.29, 1.82) is 0 Å². The molecule has 0 aromatic heterocycles. The second kappa shape index (κ2) is 6.81. The molecule has 4 heteroatoms. The first-order valence-electron chi connectivity index (χ1n) is 8.45. The first-order chi connectivity index (χ1) is 12.6. The third-order valence-electron chi connectivity index (χ3n) is 4.27. The maximum atomic E-state index is 13.2. The van der Waals surface area contributed by atoms with E-state index in [-0.39, 0.29) is 0 Å². The van der Waals surface area contributed by atoms with E-state index in [0.29, 0.717) is 6.61 Å². The molecule has 0 saturated heterocycles. The molecule has 26 heavy (non-hydrogen) atoms. The Bertz CT molecular complexity index is 1080. The van der Waals surface area contributed by atoms with Gasteiger partial charge in [0, 0.05) is 11.0 Å². The highest BCUT2D eigenvalue weighted by atomic mass is 32.2. The Morgan fingerprint density at radius 1 is 0.962 bits per heavy atom. The fourth-order valence-electron chi connectivity index (χ4n) is 2.79. The number of nitrogens with zero attached hydrogens (tertiary/aromatic N) is 1. The largest absolute Gasteiger partial charge is 0.489 e. The van der Waals surface area contributed by atoms with Crippen LogP contribution in [0.25, 0.3) is 6.08 Å². The van der Waals surface area contributed by atoms with Crippen LogP contribution < -0.4 is 4.74 Å². The van der Waals surface area contributed by atoms with Crippen molar-refractivity contribution in [2.45, 2.75) is 18.4 Å². The van der Waals surface area contributed by atoms with Crippen molar-refractivity contribution in [2.75, 3.05) is 0 Å². The predicted molar refractivity (Wildman–Crippen MR) is 106 cm³/mol. The smallest absolute Gasteiger partial charge is 0.120 e. The number of ether oxygens (including phenoxy) is 1. The lowest BCUT2D eigenvalue weighted by atomic mass is 10.1. The molecule has 1 atom stereocenters. The molecule has 130 valence electrons. The van der Waals surface area contributed by atoms with E-state index < -0.39 is 9.73 Å². The maximum absolute atomic E-state index is 13.2. The number of hydrogen-bond donors (Lipinski definition) is 0. The zero-order valence-electron chi connectivity index (χ0n) is 14.5. The molecule has 0 N–H and O–H groups in total. The van der Waals surface area contributed by atoms with E-state index in [0.717, 1.165) is 33.0 Å². The Morgan fingerprint density at radius 2 is 1.73 bits per heavy atom. The number of rotatable bonds is 4. The van der Waals surface area contributed by atoms with Gasteiger partial charge >= 0.3 is 0 Å². The Kier molecular flexibility index (Phi) is 4.35. The van der Waals surface area contributed by atoms with Crippen molar-refractivity contribution in [2.24, 2.45) is 4.36 Å². The second-order valence-corrected chi connectivity index (χ2v) is 8.33. The van der Waals surface area contributed by atoms with E-state index in [1.165, 1.54) is 0 Å². The molecule has 0 fully saturated rings. The third-order valence-corrected chi connectivity index (χ3v) is 6.19. The summed E-state index contributed by atoms with van der Waals surface area (Å²) in [5, 5.41) is 1.70. The molecular formula is C22H19NO2S. The summed E-state index contributed by atoms with van der Waals surface area (Å²) in [6.07, 6.45) is 1.87. The Labute approximate surface area is 154 Å². The van der Waals surface area contributed by atoms with Gasteiger partial charge in [0.15, 0.2) is 0 Å². The fraction of sp³-hybridized carbons (Fsp3) is 0.0909. The summed E-state index contributed by atoms with van der Waals surface area (Å²) in [7, 11) is -2.56. The zero-order valence-corrected chi connectivity index (χ0v) is 15.3.